The van der Waals surface area contributed by atoms with Gasteiger partial charge in [-0.3, -0.25) is 9.59 Å². The number of para-hydroxylation sites is 2. The van der Waals surface area contributed by atoms with Gasteiger partial charge >= 0.3 is 0 Å². The highest BCUT2D eigenvalue weighted by molar-refractivity contribution is 6.31. The Kier molecular flexibility index (Phi) is 8.07. The lowest BCUT2D eigenvalue weighted by Gasteiger charge is -2.35. The maximum atomic E-state index is 13.1. The van der Waals surface area contributed by atoms with Crippen LogP contribution in [0.25, 0.3) is 0 Å². The van der Waals surface area contributed by atoms with Gasteiger partial charge in [0.05, 0.1) is 5.69 Å². The van der Waals surface area contributed by atoms with E-state index in [2.05, 4.69) is 16.3 Å². The van der Waals surface area contributed by atoms with Crippen LogP contribution in [0.15, 0.2) is 72.8 Å². The smallest absolute Gasteiger partial charge is 0.265 e. The molecule has 6 nitrogen and oxygen atoms in total. The largest absolute Gasteiger partial charge is 0.482 e. The molecule has 7 heteroatoms. The van der Waals surface area contributed by atoms with Crippen molar-refractivity contribution >= 4 is 29.1 Å². The van der Waals surface area contributed by atoms with E-state index in [0.29, 0.717) is 25.4 Å². The number of carbonyl (C=O) groups is 2. The van der Waals surface area contributed by atoms with Crippen molar-refractivity contribution in [1.29, 1.82) is 0 Å². The van der Waals surface area contributed by atoms with E-state index in [4.69, 9.17) is 16.3 Å². The van der Waals surface area contributed by atoms with Crippen LogP contribution >= 0.6 is 11.6 Å². The first-order chi connectivity index (χ1) is 18.1. The summed E-state index contributed by atoms with van der Waals surface area (Å²) in [5.74, 6) is 1.08. The average Bonchev–Trinajstić information content (AvgIpc) is 2.94. The molecule has 192 valence electrons. The minimum atomic E-state index is -0.0328. The lowest BCUT2D eigenvalue weighted by Crippen LogP contribution is -2.45. The number of anilines is 1. The molecule has 2 aliphatic rings. The van der Waals surface area contributed by atoms with E-state index in [1.165, 1.54) is 0 Å². The van der Waals surface area contributed by atoms with Crippen LogP contribution in [0.4, 0.5) is 5.69 Å². The fourth-order valence-corrected chi connectivity index (χ4v) is 5.51. The van der Waals surface area contributed by atoms with Gasteiger partial charge in [-0.25, -0.2) is 0 Å². The number of ether oxygens (including phenoxy) is 1. The number of likely N-dealkylation sites (tertiary alicyclic amines) is 1. The SMILES string of the molecule is O=C(NCCc1ccccc1Cl)c1ccccc1C1CCN(CCN2C(=O)COc3ccccc32)CC1. The number of halogens is 1. The van der Waals surface area contributed by atoms with Crippen LogP contribution in [0, 0.1) is 0 Å². The minimum absolute atomic E-state index is 0.00283. The first-order valence-electron chi connectivity index (χ1n) is 13.0. The summed E-state index contributed by atoms with van der Waals surface area (Å²) >= 11 is 6.25. The normalized spacial score (nSPS) is 16.2. The number of hydrogen-bond donors (Lipinski definition) is 1. The number of amides is 2. The number of nitrogens with one attached hydrogen (secondary N) is 1. The molecule has 1 fully saturated rings. The second kappa shape index (κ2) is 11.8. The predicted octanol–water partition coefficient (Wildman–Crippen LogP) is 4.92. The first kappa shape index (κ1) is 25.3. The Hall–Kier alpha value is -3.35. The molecule has 2 aliphatic heterocycles. The summed E-state index contributed by atoms with van der Waals surface area (Å²) in [6, 6.07) is 23.4. The summed E-state index contributed by atoms with van der Waals surface area (Å²) in [6.07, 6.45) is 2.66. The molecule has 0 atom stereocenters. The third-order valence-electron chi connectivity index (χ3n) is 7.32. The molecule has 5 rings (SSSR count). The van der Waals surface area contributed by atoms with Gasteiger partial charge in [-0.15, -0.1) is 0 Å². The van der Waals surface area contributed by atoms with Crippen molar-refractivity contribution in [2.45, 2.75) is 25.2 Å². The Balaban J connectivity index is 1.14. The minimum Gasteiger partial charge on any atom is -0.482 e. The van der Waals surface area contributed by atoms with E-state index in [9.17, 15) is 9.59 Å². The fraction of sp³-hybridized carbons (Fsp3) is 0.333. The summed E-state index contributed by atoms with van der Waals surface area (Å²) in [5.41, 5.74) is 3.76. The number of benzene rings is 3. The Morgan fingerprint density at radius 2 is 1.68 bits per heavy atom. The van der Waals surface area contributed by atoms with Crippen LogP contribution in [-0.2, 0) is 11.2 Å². The summed E-state index contributed by atoms with van der Waals surface area (Å²) in [4.78, 5) is 29.8. The van der Waals surface area contributed by atoms with E-state index in [1.54, 1.807) is 0 Å². The zero-order valence-electron chi connectivity index (χ0n) is 20.9. The molecule has 0 aliphatic carbocycles. The molecule has 0 radical (unpaired) electrons. The first-order valence-corrected chi connectivity index (χ1v) is 13.3. The van der Waals surface area contributed by atoms with E-state index in [-0.39, 0.29) is 18.4 Å². The van der Waals surface area contributed by atoms with Crippen molar-refractivity contribution in [3.8, 4) is 5.75 Å². The standard InChI is InChI=1S/C30H32ClN3O3/c31-26-10-4-1-7-23(26)13-16-32-30(36)25-9-3-2-8-24(25)22-14-17-33(18-15-22)19-20-34-27-11-5-6-12-28(27)37-21-29(34)35/h1-12,22H,13-21H2,(H,32,36). The predicted molar refractivity (Wildman–Crippen MR) is 147 cm³/mol. The summed E-state index contributed by atoms with van der Waals surface area (Å²) in [5, 5.41) is 3.80. The van der Waals surface area contributed by atoms with E-state index < -0.39 is 0 Å². The molecule has 0 unspecified atom stereocenters. The van der Waals surface area contributed by atoms with Gasteiger partial charge in [0.2, 0.25) is 0 Å². The second-order valence-corrected chi connectivity index (χ2v) is 10.0. The van der Waals surface area contributed by atoms with E-state index in [1.807, 2.05) is 71.6 Å². The average molecular weight is 518 g/mol. The van der Waals surface area contributed by atoms with Crippen LogP contribution in [0.2, 0.25) is 5.02 Å². The van der Waals surface area contributed by atoms with Crippen LogP contribution < -0.4 is 15.0 Å². The molecule has 2 heterocycles. The van der Waals surface area contributed by atoms with Crippen molar-refractivity contribution in [3.63, 3.8) is 0 Å². The van der Waals surface area contributed by atoms with Gasteiger partial charge in [0, 0.05) is 30.2 Å². The highest BCUT2D eigenvalue weighted by Crippen LogP contribution is 2.33. The van der Waals surface area contributed by atoms with Crippen LogP contribution in [-0.4, -0.2) is 56.0 Å². The highest BCUT2D eigenvalue weighted by Gasteiger charge is 2.28. The summed E-state index contributed by atoms with van der Waals surface area (Å²) in [7, 11) is 0. The number of nitrogens with zero attached hydrogens (tertiary/aromatic N) is 2. The maximum absolute atomic E-state index is 13.1. The molecular formula is C30H32ClN3O3. The van der Waals surface area contributed by atoms with Gasteiger partial charge in [-0.1, -0.05) is 60.1 Å². The molecule has 1 saturated heterocycles. The van der Waals surface area contributed by atoms with Gasteiger partial charge < -0.3 is 19.9 Å². The molecular weight excluding hydrogens is 486 g/mol. The van der Waals surface area contributed by atoms with Crippen molar-refractivity contribution in [3.05, 3.63) is 94.5 Å². The topological polar surface area (TPSA) is 61.9 Å². The quantitative estimate of drug-likeness (QED) is 0.461. The summed E-state index contributed by atoms with van der Waals surface area (Å²) in [6.45, 7) is 3.97. The number of rotatable bonds is 8. The lowest BCUT2D eigenvalue weighted by molar-refractivity contribution is -0.121. The van der Waals surface area contributed by atoms with Crippen molar-refractivity contribution < 1.29 is 14.3 Å². The Morgan fingerprint density at radius 1 is 0.946 bits per heavy atom. The van der Waals surface area contributed by atoms with E-state index in [0.717, 1.165) is 65.6 Å². The highest BCUT2D eigenvalue weighted by atomic mass is 35.5. The molecule has 3 aromatic carbocycles. The molecule has 0 aromatic heterocycles. The third kappa shape index (κ3) is 5.97. The third-order valence-corrected chi connectivity index (χ3v) is 7.69. The number of piperidine rings is 1. The zero-order valence-corrected chi connectivity index (χ0v) is 21.6. The molecule has 37 heavy (non-hydrogen) atoms. The number of fused-ring (bicyclic) bond motifs is 1. The monoisotopic (exact) mass is 517 g/mol. The Morgan fingerprint density at radius 3 is 2.51 bits per heavy atom. The Bertz CT molecular complexity index is 1260. The van der Waals surface area contributed by atoms with Gasteiger partial charge in [0.1, 0.15) is 5.75 Å². The van der Waals surface area contributed by atoms with E-state index >= 15 is 0 Å². The maximum Gasteiger partial charge on any atom is 0.265 e. The van der Waals surface area contributed by atoms with Crippen LogP contribution in [0.3, 0.4) is 0 Å². The second-order valence-electron chi connectivity index (χ2n) is 9.60. The van der Waals surface area contributed by atoms with Crippen molar-refractivity contribution in [2.75, 3.05) is 44.2 Å². The van der Waals surface area contributed by atoms with Crippen LogP contribution in [0.1, 0.15) is 40.2 Å². The molecule has 0 saturated carbocycles. The summed E-state index contributed by atoms with van der Waals surface area (Å²) < 4.78 is 5.56. The molecule has 0 spiro atoms. The molecule has 1 N–H and O–H groups in total. The fourth-order valence-electron chi connectivity index (χ4n) is 5.27. The van der Waals surface area contributed by atoms with Gasteiger partial charge in [-0.05, 0) is 73.7 Å². The van der Waals surface area contributed by atoms with Gasteiger partial charge in [-0.2, -0.15) is 0 Å². The molecule has 0 bridgehead atoms. The van der Waals surface area contributed by atoms with Gasteiger partial charge in [0.25, 0.3) is 11.8 Å². The lowest BCUT2D eigenvalue weighted by atomic mass is 9.86. The Labute approximate surface area is 223 Å². The number of hydrogen-bond acceptors (Lipinski definition) is 4. The molecule has 2 amide bonds. The molecule has 3 aromatic rings. The van der Waals surface area contributed by atoms with Gasteiger partial charge in [0.15, 0.2) is 6.61 Å². The zero-order chi connectivity index (χ0) is 25.6. The number of carbonyl (C=O) groups excluding carboxylic acids is 2. The van der Waals surface area contributed by atoms with Crippen LogP contribution in [0.5, 0.6) is 5.75 Å². The van der Waals surface area contributed by atoms with Crippen molar-refractivity contribution in [2.24, 2.45) is 0 Å². The van der Waals surface area contributed by atoms with Crippen molar-refractivity contribution in [1.82, 2.24) is 10.2 Å².